The normalized spacial score (nSPS) is 11.3. The van der Waals surface area contributed by atoms with Crippen molar-refractivity contribution < 1.29 is 18.4 Å². The van der Waals surface area contributed by atoms with Crippen molar-refractivity contribution in [2.45, 2.75) is 18.7 Å². The molecule has 2 aromatic rings. The zero-order valence-corrected chi connectivity index (χ0v) is 14.5. The number of aromatic hydroxyl groups is 1. The van der Waals surface area contributed by atoms with Gasteiger partial charge in [0.25, 0.3) is 15.7 Å². The molecule has 2 rings (SSSR count). The van der Waals surface area contributed by atoms with Crippen LogP contribution < -0.4 is 4.31 Å². The summed E-state index contributed by atoms with van der Waals surface area (Å²) in [5, 5.41) is 21.0. The average molecular weight is 371 g/mol. The van der Waals surface area contributed by atoms with Gasteiger partial charge >= 0.3 is 0 Å². The Labute approximate surface area is 144 Å². The third-order valence-electron chi connectivity index (χ3n) is 3.43. The molecule has 2 aromatic carbocycles. The SMILES string of the molecule is CCN(c1ccc(Cl)cc1[N+](=O)[O-])S(=O)(=O)c1cc(O)ccc1C. The van der Waals surface area contributed by atoms with E-state index in [0.717, 1.165) is 16.4 Å². The van der Waals surface area contributed by atoms with E-state index in [1.807, 2.05) is 0 Å². The summed E-state index contributed by atoms with van der Waals surface area (Å²) < 4.78 is 26.8. The number of phenolic OH excluding ortho intramolecular Hbond substituents is 1. The van der Waals surface area contributed by atoms with E-state index >= 15 is 0 Å². The monoisotopic (exact) mass is 370 g/mol. The number of benzene rings is 2. The molecule has 0 unspecified atom stereocenters. The number of nitro benzene ring substituents is 1. The summed E-state index contributed by atoms with van der Waals surface area (Å²) in [7, 11) is -4.10. The Kier molecular flexibility index (Phi) is 5.00. The summed E-state index contributed by atoms with van der Waals surface area (Å²) in [6, 6.07) is 7.73. The van der Waals surface area contributed by atoms with Gasteiger partial charge in [-0.2, -0.15) is 0 Å². The van der Waals surface area contributed by atoms with E-state index in [0.29, 0.717) is 5.56 Å². The molecule has 9 heteroatoms. The molecular formula is C15H15ClN2O5S. The number of aryl methyl sites for hydroxylation is 1. The van der Waals surface area contributed by atoms with Crippen LogP contribution in [-0.4, -0.2) is 25.0 Å². The number of phenols is 1. The molecular weight excluding hydrogens is 356 g/mol. The van der Waals surface area contributed by atoms with Gasteiger partial charge in [-0.3, -0.25) is 14.4 Å². The van der Waals surface area contributed by atoms with Gasteiger partial charge in [-0.05, 0) is 37.6 Å². The standard InChI is InChI=1S/C15H15ClN2O5S/c1-3-17(13-7-5-11(16)8-14(13)18(20)21)24(22,23)15-9-12(19)6-4-10(15)2/h4-9,19H,3H2,1-2H3. The third-order valence-corrected chi connectivity index (χ3v) is 5.70. The van der Waals surface area contributed by atoms with Gasteiger partial charge in [0, 0.05) is 23.7 Å². The summed E-state index contributed by atoms with van der Waals surface area (Å²) in [6.07, 6.45) is 0. The molecule has 0 atom stereocenters. The van der Waals surface area contributed by atoms with Gasteiger partial charge in [-0.1, -0.05) is 17.7 Å². The Balaban J connectivity index is 2.68. The fourth-order valence-corrected chi connectivity index (χ4v) is 4.21. The number of nitro groups is 1. The molecule has 128 valence electrons. The van der Waals surface area contributed by atoms with Crippen LogP contribution >= 0.6 is 11.6 Å². The molecule has 0 spiro atoms. The largest absolute Gasteiger partial charge is 0.508 e. The lowest BCUT2D eigenvalue weighted by Crippen LogP contribution is -2.31. The second-order valence-electron chi connectivity index (χ2n) is 5.01. The van der Waals surface area contributed by atoms with Gasteiger partial charge in [0.05, 0.1) is 9.82 Å². The van der Waals surface area contributed by atoms with Crippen molar-refractivity contribution in [1.82, 2.24) is 0 Å². The molecule has 0 radical (unpaired) electrons. The first-order valence-corrected chi connectivity index (χ1v) is 8.76. The molecule has 0 bridgehead atoms. The molecule has 7 nitrogen and oxygen atoms in total. The fraction of sp³-hybridized carbons (Fsp3) is 0.200. The molecule has 0 aromatic heterocycles. The molecule has 0 saturated heterocycles. The number of hydrogen-bond acceptors (Lipinski definition) is 5. The van der Waals surface area contributed by atoms with Crippen molar-refractivity contribution in [2.24, 2.45) is 0 Å². The summed E-state index contributed by atoms with van der Waals surface area (Å²) >= 11 is 5.78. The Morgan fingerprint density at radius 2 is 1.92 bits per heavy atom. The van der Waals surface area contributed by atoms with Crippen LogP contribution in [0.25, 0.3) is 0 Å². The van der Waals surface area contributed by atoms with Crippen LogP contribution in [0.15, 0.2) is 41.3 Å². The minimum atomic E-state index is -4.10. The summed E-state index contributed by atoms with van der Waals surface area (Å²) in [5.41, 5.74) is -0.0803. The smallest absolute Gasteiger partial charge is 0.295 e. The number of hydrogen-bond donors (Lipinski definition) is 1. The maximum absolute atomic E-state index is 13.0. The van der Waals surface area contributed by atoms with E-state index in [2.05, 4.69) is 0 Å². The average Bonchev–Trinajstić information content (AvgIpc) is 2.51. The lowest BCUT2D eigenvalue weighted by molar-refractivity contribution is -0.384. The predicted octanol–water partition coefficient (Wildman–Crippen LogP) is 3.48. The summed E-state index contributed by atoms with van der Waals surface area (Å²) in [6.45, 7) is 3.12. The Morgan fingerprint density at radius 3 is 2.50 bits per heavy atom. The van der Waals surface area contributed by atoms with Crippen molar-refractivity contribution in [3.05, 3.63) is 57.1 Å². The van der Waals surface area contributed by atoms with E-state index in [-0.39, 0.29) is 27.9 Å². The Bertz CT molecular complexity index is 899. The van der Waals surface area contributed by atoms with Gasteiger partial charge in [0.2, 0.25) is 0 Å². The molecule has 0 heterocycles. The Hall–Kier alpha value is -2.32. The topological polar surface area (TPSA) is 101 Å². The highest BCUT2D eigenvalue weighted by molar-refractivity contribution is 7.92. The van der Waals surface area contributed by atoms with Crippen molar-refractivity contribution in [3.8, 4) is 5.75 Å². The molecule has 1 N–H and O–H groups in total. The van der Waals surface area contributed by atoms with Crippen molar-refractivity contribution in [3.63, 3.8) is 0 Å². The van der Waals surface area contributed by atoms with Crippen molar-refractivity contribution in [1.29, 1.82) is 0 Å². The lowest BCUT2D eigenvalue weighted by atomic mass is 10.2. The van der Waals surface area contributed by atoms with E-state index < -0.39 is 20.6 Å². The lowest BCUT2D eigenvalue weighted by Gasteiger charge is -2.23. The second-order valence-corrected chi connectivity index (χ2v) is 7.28. The van der Waals surface area contributed by atoms with Crippen LogP contribution in [-0.2, 0) is 10.0 Å². The summed E-state index contributed by atoms with van der Waals surface area (Å²) in [4.78, 5) is 10.5. The number of anilines is 1. The van der Waals surface area contributed by atoms with Crippen LogP contribution in [0.5, 0.6) is 5.75 Å². The van der Waals surface area contributed by atoms with Crippen molar-refractivity contribution >= 4 is 33.0 Å². The first kappa shape index (κ1) is 18.0. The highest BCUT2D eigenvalue weighted by Gasteiger charge is 2.30. The fourth-order valence-electron chi connectivity index (χ4n) is 2.31. The van der Waals surface area contributed by atoms with Crippen LogP contribution in [0.4, 0.5) is 11.4 Å². The van der Waals surface area contributed by atoms with Crippen LogP contribution in [0, 0.1) is 17.0 Å². The molecule has 0 saturated carbocycles. The minimum Gasteiger partial charge on any atom is -0.508 e. The van der Waals surface area contributed by atoms with Crippen LogP contribution in [0.2, 0.25) is 5.02 Å². The van der Waals surface area contributed by atoms with E-state index in [1.54, 1.807) is 13.8 Å². The van der Waals surface area contributed by atoms with Crippen molar-refractivity contribution in [2.75, 3.05) is 10.8 Å². The number of sulfonamides is 1. The first-order chi connectivity index (χ1) is 11.2. The zero-order valence-electron chi connectivity index (χ0n) is 12.9. The maximum atomic E-state index is 13.0. The van der Waals surface area contributed by atoms with E-state index in [1.165, 1.54) is 24.3 Å². The molecule has 0 aliphatic rings. The molecule has 24 heavy (non-hydrogen) atoms. The summed E-state index contributed by atoms with van der Waals surface area (Å²) in [5.74, 6) is -0.208. The van der Waals surface area contributed by atoms with E-state index in [4.69, 9.17) is 11.6 Å². The van der Waals surface area contributed by atoms with Gasteiger partial charge in [0.15, 0.2) is 0 Å². The van der Waals surface area contributed by atoms with Gasteiger partial charge < -0.3 is 5.11 Å². The highest BCUT2D eigenvalue weighted by atomic mass is 35.5. The molecule has 0 aliphatic heterocycles. The second kappa shape index (κ2) is 6.66. The van der Waals surface area contributed by atoms with E-state index in [9.17, 15) is 23.6 Å². The first-order valence-electron chi connectivity index (χ1n) is 6.94. The highest BCUT2D eigenvalue weighted by Crippen LogP contribution is 2.35. The quantitative estimate of drug-likeness (QED) is 0.641. The molecule has 0 amide bonds. The third kappa shape index (κ3) is 3.29. The zero-order chi connectivity index (χ0) is 18.1. The van der Waals surface area contributed by atoms with Crippen LogP contribution in [0.3, 0.4) is 0 Å². The van der Waals surface area contributed by atoms with Gasteiger partial charge in [0.1, 0.15) is 11.4 Å². The number of rotatable bonds is 5. The molecule has 0 fully saturated rings. The predicted molar refractivity (Wildman–Crippen MR) is 91.2 cm³/mol. The number of halogens is 1. The van der Waals surface area contributed by atoms with Crippen LogP contribution in [0.1, 0.15) is 12.5 Å². The number of nitrogens with zero attached hydrogens (tertiary/aromatic N) is 2. The van der Waals surface area contributed by atoms with Gasteiger partial charge in [-0.25, -0.2) is 8.42 Å². The minimum absolute atomic E-state index is 0.0279. The molecule has 0 aliphatic carbocycles. The van der Waals surface area contributed by atoms with Gasteiger partial charge in [-0.15, -0.1) is 0 Å². The maximum Gasteiger partial charge on any atom is 0.295 e. The Morgan fingerprint density at radius 1 is 1.25 bits per heavy atom.